The molecule has 5 heteroatoms. The summed E-state index contributed by atoms with van der Waals surface area (Å²) in [5.74, 6) is 2.71. The maximum absolute atomic E-state index is 6.29. The molecular formula is C19H37N3OS. The first-order valence-corrected chi connectivity index (χ1v) is 10.5. The summed E-state index contributed by atoms with van der Waals surface area (Å²) in [4.78, 5) is 0. The van der Waals surface area contributed by atoms with Crippen LogP contribution in [0.5, 0.6) is 0 Å². The van der Waals surface area contributed by atoms with Gasteiger partial charge in [-0.1, -0.05) is 39.8 Å². The predicted molar refractivity (Wildman–Crippen MR) is 104 cm³/mol. The van der Waals surface area contributed by atoms with E-state index in [0.29, 0.717) is 11.3 Å². The van der Waals surface area contributed by atoms with Crippen molar-refractivity contribution >= 4 is 11.8 Å². The highest BCUT2D eigenvalue weighted by molar-refractivity contribution is 7.98. The van der Waals surface area contributed by atoms with Crippen LogP contribution in [0.3, 0.4) is 0 Å². The zero-order valence-electron chi connectivity index (χ0n) is 16.8. The molecule has 0 bridgehead atoms. The van der Waals surface area contributed by atoms with Crippen molar-refractivity contribution in [2.45, 2.75) is 85.6 Å². The lowest BCUT2D eigenvalue weighted by molar-refractivity contribution is -0.0494. The lowest BCUT2D eigenvalue weighted by atomic mass is 9.78. The quantitative estimate of drug-likeness (QED) is 0.484. The zero-order valence-corrected chi connectivity index (χ0v) is 17.6. The predicted octanol–water partition coefficient (Wildman–Crippen LogP) is 5.18. The smallest absolute Gasteiger partial charge is 0.0925 e. The standard InChI is InChI=1S/C19H37N3OS/c1-8-19(7,23-12-10-18(5,6)16(3)4)11-13-24-15-17-14-22(9-2)21-20-17/h14,16H,8-13,15H2,1-7H3. The zero-order chi connectivity index (χ0) is 18.2. The van der Waals surface area contributed by atoms with Crippen LogP contribution in [0.1, 0.15) is 73.4 Å². The van der Waals surface area contributed by atoms with Gasteiger partial charge in [-0.15, -0.1) is 5.10 Å². The Bertz CT molecular complexity index is 473. The molecule has 0 aromatic carbocycles. The van der Waals surface area contributed by atoms with E-state index in [0.717, 1.165) is 49.6 Å². The molecule has 0 aliphatic carbocycles. The van der Waals surface area contributed by atoms with Gasteiger partial charge in [0.25, 0.3) is 0 Å². The minimum atomic E-state index is -0.0128. The van der Waals surface area contributed by atoms with Crippen molar-refractivity contribution in [3.8, 4) is 0 Å². The van der Waals surface area contributed by atoms with Gasteiger partial charge in [-0.2, -0.15) is 11.8 Å². The number of ether oxygens (including phenoxy) is 1. The summed E-state index contributed by atoms with van der Waals surface area (Å²) in [7, 11) is 0. The van der Waals surface area contributed by atoms with E-state index in [9.17, 15) is 0 Å². The minimum absolute atomic E-state index is 0.0128. The molecule has 1 rings (SSSR count). The van der Waals surface area contributed by atoms with E-state index < -0.39 is 0 Å². The van der Waals surface area contributed by atoms with Gasteiger partial charge in [0.1, 0.15) is 0 Å². The number of aromatic nitrogens is 3. The van der Waals surface area contributed by atoms with Crippen molar-refractivity contribution in [3.63, 3.8) is 0 Å². The fourth-order valence-electron chi connectivity index (χ4n) is 2.22. The Labute approximate surface area is 153 Å². The maximum Gasteiger partial charge on any atom is 0.0925 e. The van der Waals surface area contributed by atoms with Crippen molar-refractivity contribution in [1.82, 2.24) is 15.0 Å². The molecule has 1 heterocycles. The van der Waals surface area contributed by atoms with Gasteiger partial charge in [0.15, 0.2) is 0 Å². The first-order valence-electron chi connectivity index (χ1n) is 9.33. The molecule has 0 saturated carbocycles. The summed E-state index contributed by atoms with van der Waals surface area (Å²) in [6.07, 6.45) is 5.30. The fourth-order valence-corrected chi connectivity index (χ4v) is 3.29. The summed E-state index contributed by atoms with van der Waals surface area (Å²) in [5, 5.41) is 8.28. The average Bonchev–Trinajstić information content (AvgIpc) is 2.99. The molecule has 1 aromatic rings. The Hall–Kier alpha value is -0.550. The van der Waals surface area contributed by atoms with Gasteiger partial charge in [0, 0.05) is 25.1 Å². The van der Waals surface area contributed by atoms with Crippen LogP contribution in [-0.4, -0.2) is 33.0 Å². The second kappa shape index (κ2) is 9.81. The van der Waals surface area contributed by atoms with E-state index in [1.54, 1.807) is 0 Å². The lowest BCUT2D eigenvalue weighted by Gasteiger charge is -2.33. The van der Waals surface area contributed by atoms with Crippen LogP contribution in [0.4, 0.5) is 0 Å². The molecule has 1 atom stereocenters. The molecule has 0 radical (unpaired) electrons. The largest absolute Gasteiger partial charge is 0.375 e. The molecule has 0 aliphatic rings. The average molecular weight is 356 g/mol. The van der Waals surface area contributed by atoms with Gasteiger partial charge in [-0.05, 0) is 50.2 Å². The highest BCUT2D eigenvalue weighted by Crippen LogP contribution is 2.31. The van der Waals surface area contributed by atoms with Crippen molar-refractivity contribution < 1.29 is 4.74 Å². The highest BCUT2D eigenvalue weighted by atomic mass is 32.2. The lowest BCUT2D eigenvalue weighted by Crippen LogP contribution is -2.31. The van der Waals surface area contributed by atoms with E-state index in [-0.39, 0.29) is 5.60 Å². The third-order valence-electron chi connectivity index (χ3n) is 5.44. The van der Waals surface area contributed by atoms with Crippen LogP contribution < -0.4 is 0 Å². The summed E-state index contributed by atoms with van der Waals surface area (Å²) in [6.45, 7) is 17.6. The van der Waals surface area contributed by atoms with E-state index in [1.807, 2.05) is 22.6 Å². The Morgan fingerprint density at radius 3 is 2.46 bits per heavy atom. The Kier molecular flexibility index (Phi) is 8.78. The number of rotatable bonds is 12. The molecule has 140 valence electrons. The Morgan fingerprint density at radius 2 is 1.92 bits per heavy atom. The van der Waals surface area contributed by atoms with Crippen molar-refractivity contribution in [2.75, 3.05) is 12.4 Å². The summed E-state index contributed by atoms with van der Waals surface area (Å²) in [6, 6.07) is 0. The Morgan fingerprint density at radius 1 is 1.21 bits per heavy atom. The van der Waals surface area contributed by atoms with Gasteiger partial charge < -0.3 is 4.74 Å². The number of hydrogen-bond acceptors (Lipinski definition) is 4. The van der Waals surface area contributed by atoms with Crippen LogP contribution in [0.25, 0.3) is 0 Å². The third-order valence-corrected chi connectivity index (χ3v) is 6.44. The highest BCUT2D eigenvalue weighted by Gasteiger charge is 2.26. The molecule has 0 saturated heterocycles. The van der Waals surface area contributed by atoms with Crippen molar-refractivity contribution in [2.24, 2.45) is 11.3 Å². The van der Waals surface area contributed by atoms with E-state index in [4.69, 9.17) is 4.74 Å². The monoisotopic (exact) mass is 355 g/mol. The number of hydrogen-bond donors (Lipinski definition) is 0. The molecule has 0 fully saturated rings. The topological polar surface area (TPSA) is 39.9 Å². The number of thioether (sulfide) groups is 1. The molecule has 1 aromatic heterocycles. The van der Waals surface area contributed by atoms with Gasteiger partial charge >= 0.3 is 0 Å². The molecule has 0 N–H and O–H groups in total. The molecular weight excluding hydrogens is 318 g/mol. The van der Waals surface area contributed by atoms with Crippen LogP contribution in [-0.2, 0) is 17.0 Å². The maximum atomic E-state index is 6.29. The molecule has 1 unspecified atom stereocenters. The van der Waals surface area contributed by atoms with Crippen LogP contribution in [0.2, 0.25) is 0 Å². The second-order valence-corrected chi connectivity index (χ2v) is 9.02. The summed E-state index contributed by atoms with van der Waals surface area (Å²) >= 11 is 1.92. The first-order chi connectivity index (χ1) is 11.2. The molecule has 0 spiro atoms. The first kappa shape index (κ1) is 21.5. The molecule has 0 amide bonds. The van der Waals surface area contributed by atoms with Crippen LogP contribution >= 0.6 is 11.8 Å². The van der Waals surface area contributed by atoms with Crippen molar-refractivity contribution in [3.05, 3.63) is 11.9 Å². The van der Waals surface area contributed by atoms with E-state index in [1.165, 1.54) is 0 Å². The van der Waals surface area contributed by atoms with Gasteiger partial charge in [0.05, 0.1) is 11.3 Å². The molecule has 4 nitrogen and oxygen atoms in total. The second-order valence-electron chi connectivity index (χ2n) is 7.91. The number of nitrogens with zero attached hydrogens (tertiary/aromatic N) is 3. The summed E-state index contributed by atoms with van der Waals surface area (Å²) < 4.78 is 8.17. The molecule has 0 aliphatic heterocycles. The van der Waals surface area contributed by atoms with Gasteiger partial charge in [-0.25, -0.2) is 0 Å². The molecule has 24 heavy (non-hydrogen) atoms. The van der Waals surface area contributed by atoms with E-state index in [2.05, 4.69) is 58.8 Å². The van der Waals surface area contributed by atoms with Crippen LogP contribution in [0.15, 0.2) is 6.20 Å². The minimum Gasteiger partial charge on any atom is -0.375 e. The van der Waals surface area contributed by atoms with Crippen molar-refractivity contribution in [1.29, 1.82) is 0 Å². The Balaban J connectivity index is 2.31. The number of aryl methyl sites for hydroxylation is 1. The van der Waals surface area contributed by atoms with E-state index >= 15 is 0 Å². The summed E-state index contributed by atoms with van der Waals surface area (Å²) in [5.41, 5.74) is 1.40. The SMILES string of the molecule is CCn1cc(CSCCC(C)(CC)OCCC(C)(C)C(C)C)nn1. The third kappa shape index (κ3) is 7.14. The fraction of sp³-hybridized carbons (Fsp3) is 0.895. The van der Waals surface area contributed by atoms with Gasteiger partial charge in [0.2, 0.25) is 0 Å². The van der Waals surface area contributed by atoms with Gasteiger partial charge in [-0.3, -0.25) is 4.68 Å². The van der Waals surface area contributed by atoms with Crippen LogP contribution in [0, 0.1) is 11.3 Å². The normalized spacial score (nSPS) is 15.0.